The van der Waals surface area contributed by atoms with Crippen LogP contribution in [0, 0.1) is 13.8 Å². The smallest absolute Gasteiger partial charge is 0.341 e. The highest BCUT2D eigenvalue weighted by Gasteiger charge is 2.21. The zero-order valence-corrected chi connectivity index (χ0v) is 20.7. The number of fused-ring (bicyclic) bond motifs is 1. The van der Waals surface area contributed by atoms with E-state index >= 15 is 0 Å². The number of hydrogen-bond acceptors (Lipinski definition) is 7. The summed E-state index contributed by atoms with van der Waals surface area (Å²) in [5.41, 5.74) is 5.99. The van der Waals surface area contributed by atoms with E-state index in [-0.39, 0.29) is 6.23 Å². The van der Waals surface area contributed by atoms with Crippen molar-refractivity contribution in [2.45, 2.75) is 39.3 Å². The first kappa shape index (κ1) is 23.7. The van der Waals surface area contributed by atoms with Crippen LogP contribution in [0.5, 0.6) is 0 Å². The lowest BCUT2D eigenvalue weighted by Gasteiger charge is -2.23. The van der Waals surface area contributed by atoms with Gasteiger partial charge in [0.15, 0.2) is 6.23 Å². The van der Waals surface area contributed by atoms with Crippen molar-refractivity contribution in [3.8, 4) is 0 Å². The molecule has 0 saturated carbocycles. The summed E-state index contributed by atoms with van der Waals surface area (Å²) in [6.45, 7) is 4.78. The van der Waals surface area contributed by atoms with Crippen molar-refractivity contribution in [3.63, 3.8) is 0 Å². The Morgan fingerprint density at radius 2 is 2.06 bits per heavy atom. The minimum Gasteiger partial charge on any atom is -0.465 e. The van der Waals surface area contributed by atoms with Gasteiger partial charge in [-0.3, -0.25) is 4.98 Å². The maximum Gasteiger partial charge on any atom is 0.341 e. The van der Waals surface area contributed by atoms with Gasteiger partial charge in [0.1, 0.15) is 11.4 Å². The average molecular weight is 484 g/mol. The molecular weight excluding hydrogens is 454 g/mol. The Hall–Kier alpha value is -4.04. The molecule has 4 heterocycles. The molecule has 3 aromatic heterocycles. The highest BCUT2D eigenvalue weighted by atomic mass is 16.5. The summed E-state index contributed by atoms with van der Waals surface area (Å²) in [5, 5.41) is 9.21. The molecule has 1 aliphatic heterocycles. The van der Waals surface area contributed by atoms with Crippen LogP contribution in [0.1, 0.15) is 58.5 Å². The molecule has 1 saturated heterocycles. The average Bonchev–Trinajstić information content (AvgIpc) is 3.25. The van der Waals surface area contributed by atoms with Crippen molar-refractivity contribution >= 4 is 40.5 Å². The van der Waals surface area contributed by atoms with Gasteiger partial charge < -0.3 is 14.8 Å². The van der Waals surface area contributed by atoms with Gasteiger partial charge in [-0.1, -0.05) is 0 Å². The van der Waals surface area contributed by atoms with Gasteiger partial charge in [0.2, 0.25) is 0 Å². The largest absolute Gasteiger partial charge is 0.465 e. The number of anilines is 2. The highest BCUT2D eigenvalue weighted by molar-refractivity contribution is 5.96. The van der Waals surface area contributed by atoms with Crippen LogP contribution in [0.25, 0.3) is 23.1 Å². The second-order valence-corrected chi connectivity index (χ2v) is 8.94. The molecule has 8 nitrogen and oxygen atoms in total. The molecule has 0 radical (unpaired) electrons. The van der Waals surface area contributed by atoms with Crippen LogP contribution in [-0.4, -0.2) is 39.4 Å². The summed E-state index contributed by atoms with van der Waals surface area (Å²) in [4.78, 5) is 21.1. The molecule has 36 heavy (non-hydrogen) atoms. The van der Waals surface area contributed by atoms with Crippen LogP contribution < -0.4 is 5.32 Å². The van der Waals surface area contributed by atoms with Gasteiger partial charge in [0.05, 0.1) is 24.0 Å². The number of aryl methyl sites for hydroxylation is 2. The normalized spacial score (nSPS) is 15.9. The van der Waals surface area contributed by atoms with Crippen LogP contribution >= 0.6 is 0 Å². The van der Waals surface area contributed by atoms with Crippen LogP contribution in [0.2, 0.25) is 0 Å². The van der Waals surface area contributed by atoms with E-state index in [0.717, 1.165) is 59.5 Å². The predicted octanol–water partition coefficient (Wildman–Crippen LogP) is 5.84. The Morgan fingerprint density at radius 1 is 1.17 bits per heavy atom. The third kappa shape index (κ3) is 4.99. The molecule has 8 heteroatoms. The van der Waals surface area contributed by atoms with E-state index in [4.69, 9.17) is 14.6 Å². The predicted molar refractivity (Wildman–Crippen MR) is 140 cm³/mol. The molecule has 1 N–H and O–H groups in total. The summed E-state index contributed by atoms with van der Waals surface area (Å²) in [7, 11) is 1.36. The Morgan fingerprint density at radius 3 is 2.83 bits per heavy atom. The van der Waals surface area contributed by atoms with E-state index in [1.807, 2.05) is 42.0 Å². The fourth-order valence-electron chi connectivity index (χ4n) is 4.54. The standard InChI is InChI=1S/C28H29N5O3/c1-18-15-19(2)30-20(16-18)10-12-24-22-11-9-21(31-27-23(28(34)35-3)7-6-13-29-27)17-25(22)33(32-24)26-8-4-5-14-36-26/h6-7,9-13,15-17,26H,4-5,8,14H2,1-3H3,(H,29,31). The number of carbonyl (C=O) groups is 1. The Bertz CT molecular complexity index is 1420. The van der Waals surface area contributed by atoms with Gasteiger partial charge in [0, 0.05) is 29.6 Å². The Balaban J connectivity index is 1.54. The van der Waals surface area contributed by atoms with Gasteiger partial charge in [0.25, 0.3) is 0 Å². The van der Waals surface area contributed by atoms with Crippen molar-refractivity contribution in [1.82, 2.24) is 19.7 Å². The zero-order chi connectivity index (χ0) is 25.1. The number of esters is 1. The van der Waals surface area contributed by atoms with Gasteiger partial charge in [-0.25, -0.2) is 14.5 Å². The molecule has 1 fully saturated rings. The van der Waals surface area contributed by atoms with Crippen molar-refractivity contribution < 1.29 is 14.3 Å². The number of rotatable bonds is 6. The van der Waals surface area contributed by atoms with Crippen LogP contribution in [-0.2, 0) is 9.47 Å². The highest BCUT2D eigenvalue weighted by Crippen LogP contribution is 2.31. The van der Waals surface area contributed by atoms with E-state index < -0.39 is 5.97 Å². The lowest BCUT2D eigenvalue weighted by molar-refractivity contribution is -0.0367. The van der Waals surface area contributed by atoms with Gasteiger partial charge >= 0.3 is 5.97 Å². The molecule has 1 aliphatic rings. The number of nitrogens with zero attached hydrogens (tertiary/aromatic N) is 4. The lowest BCUT2D eigenvalue weighted by atomic mass is 10.1. The van der Waals surface area contributed by atoms with Crippen LogP contribution in [0.4, 0.5) is 11.5 Å². The molecule has 1 aromatic carbocycles. The lowest BCUT2D eigenvalue weighted by Crippen LogP contribution is -2.19. The summed E-state index contributed by atoms with van der Waals surface area (Å²) in [5.74, 6) is -0.00978. The fraction of sp³-hybridized carbons (Fsp3) is 0.286. The van der Waals surface area contributed by atoms with E-state index in [2.05, 4.69) is 34.3 Å². The Labute approximate surface area is 210 Å². The van der Waals surface area contributed by atoms with Gasteiger partial charge in [-0.05, 0) is 93.3 Å². The quantitative estimate of drug-likeness (QED) is 0.344. The monoisotopic (exact) mass is 483 g/mol. The van der Waals surface area contributed by atoms with Gasteiger partial charge in [-0.15, -0.1) is 0 Å². The first-order valence-electron chi connectivity index (χ1n) is 12.1. The van der Waals surface area contributed by atoms with Crippen molar-refractivity contribution in [2.24, 2.45) is 0 Å². The van der Waals surface area contributed by atoms with E-state index in [0.29, 0.717) is 11.4 Å². The van der Waals surface area contributed by atoms with E-state index in [9.17, 15) is 4.79 Å². The number of methoxy groups -OCH3 is 1. The molecular formula is C28H29N5O3. The van der Waals surface area contributed by atoms with Crippen LogP contribution in [0.3, 0.4) is 0 Å². The molecule has 5 rings (SSSR count). The Kier molecular flexibility index (Phi) is 6.77. The molecule has 1 atom stereocenters. The third-order valence-electron chi connectivity index (χ3n) is 6.17. The number of aromatic nitrogens is 4. The molecule has 184 valence electrons. The molecule has 0 bridgehead atoms. The number of benzene rings is 1. The zero-order valence-electron chi connectivity index (χ0n) is 20.7. The first-order valence-corrected chi connectivity index (χ1v) is 12.1. The van der Waals surface area contributed by atoms with Crippen molar-refractivity contribution in [2.75, 3.05) is 19.0 Å². The maximum absolute atomic E-state index is 12.2. The molecule has 1 unspecified atom stereocenters. The topological polar surface area (TPSA) is 91.2 Å². The number of hydrogen-bond donors (Lipinski definition) is 1. The SMILES string of the molecule is COC(=O)c1cccnc1Nc1ccc2c(C=Cc3cc(C)cc(C)n3)nn(C3CCCCO3)c2c1. The number of pyridine rings is 2. The number of ether oxygens (including phenoxy) is 2. The minimum atomic E-state index is -0.445. The van der Waals surface area contributed by atoms with Crippen molar-refractivity contribution in [3.05, 3.63) is 76.9 Å². The van der Waals surface area contributed by atoms with Gasteiger partial charge in [-0.2, -0.15) is 5.10 Å². The number of nitrogens with one attached hydrogen (secondary N) is 1. The minimum absolute atomic E-state index is 0.126. The van der Waals surface area contributed by atoms with Crippen molar-refractivity contribution in [1.29, 1.82) is 0 Å². The summed E-state index contributed by atoms with van der Waals surface area (Å²) in [6.07, 6.45) is 8.57. The first-order chi connectivity index (χ1) is 17.5. The number of carbonyl (C=O) groups excluding carboxylic acids is 1. The van der Waals surface area contributed by atoms with E-state index in [1.54, 1.807) is 18.3 Å². The fourth-order valence-corrected chi connectivity index (χ4v) is 4.54. The molecule has 4 aromatic rings. The summed E-state index contributed by atoms with van der Waals surface area (Å²) >= 11 is 0. The summed E-state index contributed by atoms with van der Waals surface area (Å²) in [6, 6.07) is 13.5. The molecule has 0 spiro atoms. The van der Waals surface area contributed by atoms with E-state index in [1.165, 1.54) is 12.7 Å². The molecule has 0 amide bonds. The second-order valence-electron chi connectivity index (χ2n) is 8.94. The summed E-state index contributed by atoms with van der Waals surface area (Å²) < 4.78 is 12.9. The maximum atomic E-state index is 12.2. The second kappa shape index (κ2) is 10.3. The third-order valence-corrected chi connectivity index (χ3v) is 6.17. The molecule has 0 aliphatic carbocycles. The van der Waals surface area contributed by atoms with Crippen LogP contribution in [0.15, 0.2) is 48.7 Å².